The Morgan fingerprint density at radius 1 is 1.06 bits per heavy atom. The van der Waals surface area contributed by atoms with Gasteiger partial charge in [-0.2, -0.15) is 13.2 Å². The number of aryl methyl sites for hydroxylation is 1. The minimum Gasteiger partial charge on any atom is -0.492 e. The second-order valence-corrected chi connectivity index (χ2v) is 8.85. The summed E-state index contributed by atoms with van der Waals surface area (Å²) in [5.74, 6) is -0.0618. The first-order valence-corrected chi connectivity index (χ1v) is 11.2. The zero-order valence-corrected chi connectivity index (χ0v) is 19.5. The summed E-state index contributed by atoms with van der Waals surface area (Å²) in [6.45, 7) is 3.83. The molecule has 176 valence electrons. The molecular formula is C24H26F3N3O2S. The second kappa shape index (κ2) is 10.8. The van der Waals surface area contributed by atoms with E-state index in [1.165, 1.54) is 30.1 Å². The molecule has 2 aromatic carbocycles. The first-order valence-electron chi connectivity index (χ1n) is 10.4. The maximum absolute atomic E-state index is 13.2. The van der Waals surface area contributed by atoms with Gasteiger partial charge in [0.2, 0.25) is 0 Å². The number of carbonyl (C=O) groups excluding carboxylic acids is 1. The summed E-state index contributed by atoms with van der Waals surface area (Å²) in [5, 5.41) is 3.11. The van der Waals surface area contributed by atoms with Crippen LogP contribution in [0, 0.1) is 6.92 Å². The van der Waals surface area contributed by atoms with Crippen molar-refractivity contribution in [1.82, 2.24) is 14.8 Å². The number of nitrogens with zero attached hydrogens (tertiary/aromatic N) is 3. The quantitative estimate of drug-likeness (QED) is 0.422. The number of ether oxygens (including phenoxy) is 1. The van der Waals surface area contributed by atoms with Crippen LogP contribution in [0.2, 0.25) is 0 Å². The van der Waals surface area contributed by atoms with Gasteiger partial charge in [-0.15, -0.1) is 11.3 Å². The molecule has 1 aromatic heterocycles. The van der Waals surface area contributed by atoms with Gasteiger partial charge in [-0.05, 0) is 43.8 Å². The third kappa shape index (κ3) is 7.03. The van der Waals surface area contributed by atoms with Crippen molar-refractivity contribution in [2.45, 2.75) is 26.2 Å². The lowest BCUT2D eigenvalue weighted by atomic mass is 10.1. The van der Waals surface area contributed by atoms with Crippen LogP contribution in [-0.2, 0) is 19.3 Å². The molecule has 0 N–H and O–H groups in total. The lowest BCUT2D eigenvalue weighted by Gasteiger charge is -2.20. The summed E-state index contributed by atoms with van der Waals surface area (Å²) in [4.78, 5) is 20.4. The Hall–Kier alpha value is -2.91. The molecule has 0 atom stereocenters. The number of aromatic nitrogens is 1. The van der Waals surface area contributed by atoms with E-state index in [1.54, 1.807) is 11.3 Å². The predicted octanol–water partition coefficient (Wildman–Crippen LogP) is 5.25. The predicted molar refractivity (Wildman–Crippen MR) is 122 cm³/mol. The standard InChI is InChI=1S/C24H26F3N3O2S/c1-17-28-19(16-33-17)15-29(2)14-18-8-10-20(11-9-18)32-13-12-30(3)23(31)21-6-4-5-7-22(21)24(25,26)27/h4-11,16H,12-15H2,1-3H3. The Bertz CT molecular complexity index is 1070. The van der Waals surface area contributed by atoms with Crippen LogP contribution in [0.5, 0.6) is 5.75 Å². The van der Waals surface area contributed by atoms with Gasteiger partial charge < -0.3 is 9.64 Å². The molecule has 0 bridgehead atoms. The lowest BCUT2D eigenvalue weighted by Crippen LogP contribution is -2.32. The number of alkyl halides is 3. The van der Waals surface area contributed by atoms with Crippen molar-refractivity contribution in [3.8, 4) is 5.75 Å². The van der Waals surface area contributed by atoms with Gasteiger partial charge >= 0.3 is 6.18 Å². The molecule has 0 saturated heterocycles. The number of halogens is 3. The van der Waals surface area contributed by atoms with Crippen molar-refractivity contribution in [3.05, 3.63) is 81.3 Å². The molecule has 1 heterocycles. The van der Waals surface area contributed by atoms with E-state index in [9.17, 15) is 18.0 Å². The van der Waals surface area contributed by atoms with Crippen molar-refractivity contribution < 1.29 is 22.7 Å². The summed E-state index contributed by atoms with van der Waals surface area (Å²) in [6, 6.07) is 12.4. The number of hydrogen-bond acceptors (Lipinski definition) is 5. The minimum atomic E-state index is -4.58. The molecule has 0 aliphatic rings. The Morgan fingerprint density at radius 3 is 2.39 bits per heavy atom. The van der Waals surface area contributed by atoms with Gasteiger partial charge in [-0.25, -0.2) is 4.98 Å². The normalized spacial score (nSPS) is 11.6. The first kappa shape index (κ1) is 24.7. The van der Waals surface area contributed by atoms with Crippen molar-refractivity contribution in [1.29, 1.82) is 0 Å². The van der Waals surface area contributed by atoms with Gasteiger partial charge in [-0.3, -0.25) is 9.69 Å². The van der Waals surface area contributed by atoms with E-state index in [0.717, 1.165) is 35.4 Å². The molecule has 0 unspecified atom stereocenters. The zero-order chi connectivity index (χ0) is 24.0. The molecule has 9 heteroatoms. The molecule has 3 rings (SSSR count). The fourth-order valence-corrected chi connectivity index (χ4v) is 3.94. The van der Waals surface area contributed by atoms with Crippen LogP contribution < -0.4 is 4.74 Å². The van der Waals surface area contributed by atoms with Crippen LogP contribution in [0.4, 0.5) is 13.2 Å². The second-order valence-electron chi connectivity index (χ2n) is 7.79. The van der Waals surface area contributed by atoms with E-state index in [-0.39, 0.29) is 18.7 Å². The maximum Gasteiger partial charge on any atom is 0.417 e. The monoisotopic (exact) mass is 477 g/mol. The van der Waals surface area contributed by atoms with Crippen LogP contribution in [0.3, 0.4) is 0 Å². The third-order valence-corrected chi connectivity index (χ3v) is 5.80. The highest BCUT2D eigenvalue weighted by Crippen LogP contribution is 2.32. The topological polar surface area (TPSA) is 45.7 Å². The summed E-state index contributed by atoms with van der Waals surface area (Å²) in [7, 11) is 3.49. The Morgan fingerprint density at radius 2 is 1.76 bits per heavy atom. The summed E-state index contributed by atoms with van der Waals surface area (Å²) in [6.07, 6.45) is -4.58. The highest BCUT2D eigenvalue weighted by molar-refractivity contribution is 7.09. The number of benzene rings is 2. The third-order valence-electron chi connectivity index (χ3n) is 4.98. The molecule has 0 fully saturated rings. The summed E-state index contributed by atoms with van der Waals surface area (Å²) >= 11 is 1.64. The number of rotatable bonds is 9. The molecule has 0 aliphatic heterocycles. The molecule has 1 amide bonds. The molecule has 0 spiro atoms. The zero-order valence-electron chi connectivity index (χ0n) is 18.7. The van der Waals surface area contributed by atoms with Gasteiger partial charge in [0.05, 0.1) is 28.4 Å². The summed E-state index contributed by atoms with van der Waals surface area (Å²) < 4.78 is 45.2. The van der Waals surface area contributed by atoms with Crippen molar-refractivity contribution >= 4 is 17.2 Å². The van der Waals surface area contributed by atoms with Crippen LogP contribution in [0.15, 0.2) is 53.9 Å². The number of amides is 1. The van der Waals surface area contributed by atoms with Gasteiger partial charge in [0.15, 0.2) is 0 Å². The molecule has 33 heavy (non-hydrogen) atoms. The maximum atomic E-state index is 13.2. The van der Waals surface area contributed by atoms with Crippen LogP contribution in [-0.4, -0.2) is 47.9 Å². The van der Waals surface area contributed by atoms with Crippen molar-refractivity contribution in [3.63, 3.8) is 0 Å². The fourth-order valence-electron chi connectivity index (χ4n) is 3.34. The largest absolute Gasteiger partial charge is 0.492 e. The average Bonchev–Trinajstić information content (AvgIpc) is 3.18. The molecule has 0 aliphatic carbocycles. The highest BCUT2D eigenvalue weighted by atomic mass is 32.1. The van der Waals surface area contributed by atoms with E-state index in [0.29, 0.717) is 5.75 Å². The van der Waals surface area contributed by atoms with E-state index in [4.69, 9.17) is 4.74 Å². The van der Waals surface area contributed by atoms with E-state index >= 15 is 0 Å². The SMILES string of the molecule is Cc1nc(CN(C)Cc2ccc(OCCN(C)C(=O)c3ccccc3C(F)(F)F)cc2)cs1. The molecule has 0 radical (unpaired) electrons. The number of hydrogen-bond donors (Lipinski definition) is 0. The van der Waals surface area contributed by atoms with Crippen LogP contribution in [0.1, 0.15) is 32.2 Å². The molecule has 5 nitrogen and oxygen atoms in total. The first-order chi connectivity index (χ1) is 15.6. The summed E-state index contributed by atoms with van der Waals surface area (Å²) in [5.41, 5.74) is 0.867. The van der Waals surface area contributed by atoms with Crippen LogP contribution in [0.25, 0.3) is 0 Å². The molecule has 3 aromatic rings. The fraction of sp³-hybridized carbons (Fsp3) is 0.333. The number of carbonyl (C=O) groups is 1. The Labute approximate surface area is 195 Å². The molecule has 0 saturated carbocycles. The van der Waals surface area contributed by atoms with E-state index in [1.807, 2.05) is 38.2 Å². The molecular weight excluding hydrogens is 451 g/mol. The Kier molecular flexibility index (Phi) is 8.10. The van der Waals surface area contributed by atoms with Crippen molar-refractivity contribution in [2.24, 2.45) is 0 Å². The van der Waals surface area contributed by atoms with E-state index in [2.05, 4.69) is 15.3 Å². The van der Waals surface area contributed by atoms with Gasteiger partial charge in [0.25, 0.3) is 5.91 Å². The van der Waals surface area contributed by atoms with Gasteiger partial charge in [0, 0.05) is 25.5 Å². The Balaban J connectivity index is 1.48. The number of likely N-dealkylation sites (N-methyl/N-ethyl adjacent to an activating group) is 1. The highest BCUT2D eigenvalue weighted by Gasteiger charge is 2.35. The lowest BCUT2D eigenvalue weighted by molar-refractivity contribution is -0.138. The minimum absolute atomic E-state index is 0.155. The number of thiazole rings is 1. The van der Waals surface area contributed by atoms with Crippen molar-refractivity contribution in [2.75, 3.05) is 27.2 Å². The van der Waals surface area contributed by atoms with Gasteiger partial charge in [0.1, 0.15) is 12.4 Å². The average molecular weight is 478 g/mol. The smallest absolute Gasteiger partial charge is 0.417 e. The van der Waals surface area contributed by atoms with E-state index < -0.39 is 17.6 Å². The van der Waals surface area contributed by atoms with Crippen LogP contribution >= 0.6 is 11.3 Å². The van der Waals surface area contributed by atoms with Gasteiger partial charge in [-0.1, -0.05) is 24.3 Å².